The molecule has 3 rings (SSSR count). The van der Waals surface area contributed by atoms with Gasteiger partial charge in [-0.2, -0.15) is 0 Å². The second kappa shape index (κ2) is 5.92. The summed E-state index contributed by atoms with van der Waals surface area (Å²) in [7, 11) is 0. The molecule has 3 aromatic rings. The van der Waals surface area contributed by atoms with E-state index in [2.05, 4.69) is 15.7 Å². The molecule has 112 valence electrons. The number of benzene rings is 2. The summed E-state index contributed by atoms with van der Waals surface area (Å²) in [5, 5.41) is 3.92. The van der Waals surface area contributed by atoms with E-state index in [1.54, 1.807) is 24.3 Å². The Morgan fingerprint density at radius 2 is 2.09 bits per heavy atom. The Bertz CT molecular complexity index is 862. The summed E-state index contributed by atoms with van der Waals surface area (Å²) in [4.78, 5) is 16.7. The minimum Gasteiger partial charge on any atom is -0.322 e. The Balaban J connectivity index is 1.94. The zero-order valence-corrected chi connectivity index (χ0v) is 13.3. The Hall–Kier alpha value is -2.15. The zero-order chi connectivity index (χ0) is 15.7. The number of fused-ring (bicyclic) bond motifs is 1. The zero-order valence-electron chi connectivity index (χ0n) is 11.7. The Morgan fingerprint density at radius 1 is 1.32 bits per heavy atom. The Labute approximate surface area is 136 Å². The van der Waals surface area contributed by atoms with E-state index in [0.717, 1.165) is 15.8 Å². The molecular formula is C15H13ClN4OS. The summed E-state index contributed by atoms with van der Waals surface area (Å²) in [5.74, 6) is 5.14. The number of carbonyl (C=O) groups excluding carboxylic acids is 1. The number of aryl methyl sites for hydroxylation is 1. The number of halogens is 1. The maximum atomic E-state index is 12.3. The molecule has 0 aliphatic carbocycles. The van der Waals surface area contributed by atoms with E-state index >= 15 is 0 Å². The maximum Gasteiger partial charge on any atom is 0.257 e. The monoisotopic (exact) mass is 332 g/mol. The summed E-state index contributed by atoms with van der Waals surface area (Å²) in [6, 6.07) is 10.7. The Kier molecular flexibility index (Phi) is 3.98. The molecule has 0 aliphatic rings. The third-order valence-electron chi connectivity index (χ3n) is 3.19. The van der Waals surface area contributed by atoms with E-state index in [4.69, 9.17) is 17.4 Å². The highest BCUT2D eigenvalue weighted by molar-refractivity contribution is 7.22. The molecule has 0 atom stereocenters. The number of carbonyl (C=O) groups is 1. The van der Waals surface area contributed by atoms with Crippen LogP contribution in [-0.4, -0.2) is 10.9 Å². The van der Waals surface area contributed by atoms with E-state index in [-0.39, 0.29) is 5.91 Å². The standard InChI is InChI=1S/C15H13ClN4OS/c1-8-6-9(7-12-13(8)19-15(20-17)22-12)18-14(21)10-4-2-3-5-11(10)16/h2-7H,17H2,1H3,(H,18,21)(H,19,20). The molecule has 7 heteroatoms. The van der Waals surface area contributed by atoms with E-state index in [1.165, 1.54) is 11.3 Å². The molecule has 2 aromatic carbocycles. The first-order valence-electron chi connectivity index (χ1n) is 6.52. The van der Waals surface area contributed by atoms with Gasteiger partial charge in [-0.15, -0.1) is 0 Å². The van der Waals surface area contributed by atoms with Crippen LogP contribution in [0.5, 0.6) is 0 Å². The van der Waals surface area contributed by atoms with Crippen LogP contribution in [0.4, 0.5) is 10.8 Å². The van der Waals surface area contributed by atoms with Gasteiger partial charge in [0.25, 0.3) is 5.91 Å². The molecule has 0 radical (unpaired) electrons. The molecule has 5 nitrogen and oxygen atoms in total. The summed E-state index contributed by atoms with van der Waals surface area (Å²) >= 11 is 7.47. The minimum absolute atomic E-state index is 0.244. The second-order valence-corrected chi connectivity index (χ2v) is 6.18. The van der Waals surface area contributed by atoms with Crippen molar-refractivity contribution in [3.63, 3.8) is 0 Å². The minimum atomic E-state index is -0.244. The largest absolute Gasteiger partial charge is 0.322 e. The number of hydrazine groups is 1. The van der Waals surface area contributed by atoms with Gasteiger partial charge in [-0.05, 0) is 36.8 Å². The number of hydrogen-bond donors (Lipinski definition) is 3. The summed E-state index contributed by atoms with van der Waals surface area (Å²) in [6.07, 6.45) is 0. The lowest BCUT2D eigenvalue weighted by atomic mass is 10.1. The number of anilines is 2. The van der Waals surface area contributed by atoms with Crippen LogP contribution < -0.4 is 16.6 Å². The van der Waals surface area contributed by atoms with Crippen LogP contribution >= 0.6 is 22.9 Å². The molecule has 22 heavy (non-hydrogen) atoms. The SMILES string of the molecule is Cc1cc(NC(=O)c2ccccc2Cl)cc2sc(NN)nc12. The molecular weight excluding hydrogens is 320 g/mol. The van der Waals surface area contributed by atoms with Gasteiger partial charge in [0.15, 0.2) is 5.13 Å². The number of amides is 1. The first kappa shape index (κ1) is 14.8. The predicted molar refractivity (Wildman–Crippen MR) is 91.6 cm³/mol. The van der Waals surface area contributed by atoms with Gasteiger partial charge in [0.2, 0.25) is 0 Å². The summed E-state index contributed by atoms with van der Waals surface area (Å²) in [5.41, 5.74) is 5.51. The molecule has 0 saturated carbocycles. The van der Waals surface area contributed by atoms with Crippen LogP contribution in [0.2, 0.25) is 5.02 Å². The number of nitrogen functional groups attached to an aromatic ring is 1. The van der Waals surface area contributed by atoms with Crippen LogP contribution in [-0.2, 0) is 0 Å². The van der Waals surface area contributed by atoms with E-state index < -0.39 is 0 Å². The highest BCUT2D eigenvalue weighted by atomic mass is 35.5. The van der Waals surface area contributed by atoms with Crippen LogP contribution in [0.25, 0.3) is 10.2 Å². The van der Waals surface area contributed by atoms with E-state index in [0.29, 0.717) is 21.4 Å². The summed E-state index contributed by atoms with van der Waals surface area (Å²) < 4.78 is 0.947. The van der Waals surface area contributed by atoms with Gasteiger partial charge in [0, 0.05) is 5.69 Å². The van der Waals surface area contributed by atoms with Gasteiger partial charge in [-0.1, -0.05) is 35.1 Å². The second-order valence-electron chi connectivity index (χ2n) is 4.74. The number of aromatic nitrogens is 1. The number of thiazole rings is 1. The first-order valence-corrected chi connectivity index (χ1v) is 7.71. The molecule has 1 aromatic heterocycles. The highest BCUT2D eigenvalue weighted by Crippen LogP contribution is 2.31. The van der Waals surface area contributed by atoms with Gasteiger partial charge in [0.05, 0.1) is 20.8 Å². The average molecular weight is 333 g/mol. The van der Waals surface area contributed by atoms with Crippen molar-refractivity contribution < 1.29 is 4.79 Å². The van der Waals surface area contributed by atoms with Crippen LogP contribution in [0, 0.1) is 6.92 Å². The number of nitrogens with two attached hydrogens (primary N) is 1. The molecule has 0 bridgehead atoms. The van der Waals surface area contributed by atoms with Crippen molar-refractivity contribution in [2.24, 2.45) is 5.84 Å². The fourth-order valence-electron chi connectivity index (χ4n) is 2.17. The molecule has 1 amide bonds. The highest BCUT2D eigenvalue weighted by Gasteiger charge is 2.12. The topological polar surface area (TPSA) is 80.0 Å². The van der Waals surface area contributed by atoms with Gasteiger partial charge in [-0.25, -0.2) is 10.8 Å². The lowest BCUT2D eigenvalue weighted by molar-refractivity contribution is 0.102. The smallest absolute Gasteiger partial charge is 0.257 e. The number of hydrogen-bond acceptors (Lipinski definition) is 5. The fraction of sp³-hybridized carbons (Fsp3) is 0.0667. The first-order chi connectivity index (χ1) is 10.6. The molecule has 0 fully saturated rings. The summed E-state index contributed by atoms with van der Waals surface area (Å²) in [6.45, 7) is 1.94. The fourth-order valence-corrected chi connectivity index (χ4v) is 3.29. The van der Waals surface area contributed by atoms with E-state index in [9.17, 15) is 4.79 Å². The predicted octanol–water partition coefficient (Wildman–Crippen LogP) is 3.80. The number of rotatable bonds is 3. The lowest BCUT2D eigenvalue weighted by Crippen LogP contribution is -2.12. The van der Waals surface area contributed by atoms with Crippen LogP contribution in [0.3, 0.4) is 0 Å². The van der Waals surface area contributed by atoms with Crippen molar-refractivity contribution in [2.75, 3.05) is 10.7 Å². The Morgan fingerprint density at radius 3 is 2.82 bits per heavy atom. The molecule has 0 saturated heterocycles. The number of nitrogens with one attached hydrogen (secondary N) is 2. The molecule has 4 N–H and O–H groups in total. The van der Waals surface area contributed by atoms with Crippen molar-refractivity contribution in [1.82, 2.24) is 4.98 Å². The van der Waals surface area contributed by atoms with Crippen molar-refractivity contribution >= 4 is 49.9 Å². The molecule has 0 spiro atoms. The average Bonchev–Trinajstić information content (AvgIpc) is 2.91. The number of nitrogens with zero attached hydrogens (tertiary/aromatic N) is 1. The van der Waals surface area contributed by atoms with Crippen molar-refractivity contribution in [3.8, 4) is 0 Å². The van der Waals surface area contributed by atoms with Gasteiger partial charge in [-0.3, -0.25) is 10.2 Å². The van der Waals surface area contributed by atoms with Crippen molar-refractivity contribution in [1.29, 1.82) is 0 Å². The van der Waals surface area contributed by atoms with Crippen LogP contribution in [0.1, 0.15) is 15.9 Å². The molecule has 0 unspecified atom stereocenters. The van der Waals surface area contributed by atoms with Crippen molar-refractivity contribution in [2.45, 2.75) is 6.92 Å². The van der Waals surface area contributed by atoms with Gasteiger partial charge >= 0.3 is 0 Å². The van der Waals surface area contributed by atoms with Gasteiger partial charge in [0.1, 0.15) is 0 Å². The van der Waals surface area contributed by atoms with E-state index in [1.807, 2.05) is 19.1 Å². The third-order valence-corrected chi connectivity index (χ3v) is 4.45. The molecule has 0 aliphatic heterocycles. The maximum absolute atomic E-state index is 12.3. The third kappa shape index (κ3) is 2.76. The van der Waals surface area contributed by atoms with Crippen LogP contribution in [0.15, 0.2) is 36.4 Å². The normalized spacial score (nSPS) is 10.7. The van der Waals surface area contributed by atoms with Crippen molar-refractivity contribution in [3.05, 3.63) is 52.5 Å². The molecule has 1 heterocycles. The lowest BCUT2D eigenvalue weighted by Gasteiger charge is -2.07. The quantitative estimate of drug-likeness (QED) is 0.503. The van der Waals surface area contributed by atoms with Gasteiger partial charge < -0.3 is 5.32 Å².